The van der Waals surface area contributed by atoms with Gasteiger partial charge in [0.05, 0.1) is 0 Å². The lowest BCUT2D eigenvalue weighted by atomic mass is 9.82. The molecule has 0 aliphatic heterocycles. The Hall–Kier alpha value is -0.900. The molecule has 2 N–H and O–H groups in total. The number of nitrogens with zero attached hydrogens (tertiary/aromatic N) is 2. The molecule has 1 aliphatic rings. The highest BCUT2D eigenvalue weighted by Gasteiger charge is 2.25. The van der Waals surface area contributed by atoms with E-state index < -0.39 is 0 Å². The average molecular weight is 237 g/mol. The van der Waals surface area contributed by atoms with Gasteiger partial charge in [-0.25, -0.2) is 0 Å². The van der Waals surface area contributed by atoms with Crippen LogP contribution in [-0.4, -0.2) is 16.7 Å². The van der Waals surface area contributed by atoms with Gasteiger partial charge in [-0.15, -0.1) is 0 Å². The van der Waals surface area contributed by atoms with Gasteiger partial charge in [0.1, 0.15) is 0 Å². The van der Waals surface area contributed by atoms with Crippen LogP contribution in [0.3, 0.4) is 0 Å². The maximum atomic E-state index is 5.69. The second-order valence-electron chi connectivity index (χ2n) is 5.11. The van der Waals surface area contributed by atoms with Crippen LogP contribution in [0.25, 0.3) is 0 Å². The third-order valence-corrected chi connectivity index (χ3v) is 3.77. The number of aromatic nitrogens is 2. The molecular formula is C13H23N3O. The molecule has 0 saturated heterocycles. The van der Waals surface area contributed by atoms with Gasteiger partial charge in [0.2, 0.25) is 5.89 Å². The van der Waals surface area contributed by atoms with Crippen LogP contribution in [0, 0.1) is 5.92 Å². The minimum Gasteiger partial charge on any atom is -0.339 e. The predicted octanol–water partition coefficient (Wildman–Crippen LogP) is 2.64. The van der Waals surface area contributed by atoms with Crippen molar-refractivity contribution >= 4 is 0 Å². The number of nitrogens with two attached hydrogens (primary N) is 1. The lowest BCUT2D eigenvalue weighted by Gasteiger charge is -2.24. The van der Waals surface area contributed by atoms with Crippen LogP contribution in [0.1, 0.15) is 63.1 Å². The second-order valence-corrected chi connectivity index (χ2v) is 5.11. The number of aryl methyl sites for hydroxylation is 1. The Balaban J connectivity index is 1.87. The number of rotatable bonds is 5. The molecule has 2 rings (SSSR count). The third-order valence-electron chi connectivity index (χ3n) is 3.77. The number of hydrogen-bond acceptors (Lipinski definition) is 4. The van der Waals surface area contributed by atoms with Crippen LogP contribution < -0.4 is 5.73 Å². The molecule has 1 aliphatic carbocycles. The Morgan fingerprint density at radius 2 is 2.06 bits per heavy atom. The van der Waals surface area contributed by atoms with Crippen molar-refractivity contribution in [2.45, 2.75) is 57.8 Å². The van der Waals surface area contributed by atoms with Crippen molar-refractivity contribution in [3.05, 3.63) is 11.7 Å². The summed E-state index contributed by atoms with van der Waals surface area (Å²) in [7, 11) is 0. The molecule has 0 bridgehead atoms. The molecule has 0 amide bonds. The van der Waals surface area contributed by atoms with E-state index in [4.69, 9.17) is 10.3 Å². The average Bonchev–Trinajstić information content (AvgIpc) is 2.85. The zero-order valence-electron chi connectivity index (χ0n) is 10.7. The van der Waals surface area contributed by atoms with Gasteiger partial charge in [0, 0.05) is 12.3 Å². The van der Waals surface area contributed by atoms with Gasteiger partial charge in [-0.2, -0.15) is 4.98 Å². The maximum Gasteiger partial charge on any atom is 0.229 e. The summed E-state index contributed by atoms with van der Waals surface area (Å²) in [4.78, 5) is 4.51. The van der Waals surface area contributed by atoms with Crippen LogP contribution in [0.5, 0.6) is 0 Å². The Kier molecular flexibility index (Phi) is 4.54. The largest absolute Gasteiger partial charge is 0.339 e. The summed E-state index contributed by atoms with van der Waals surface area (Å²) < 4.78 is 5.38. The van der Waals surface area contributed by atoms with Crippen molar-refractivity contribution in [1.29, 1.82) is 0 Å². The lowest BCUT2D eigenvalue weighted by molar-refractivity contribution is 0.274. The van der Waals surface area contributed by atoms with E-state index in [1.807, 2.05) is 0 Å². The number of hydrogen-bond donors (Lipinski definition) is 1. The molecule has 0 spiro atoms. The molecule has 4 heteroatoms. The highest BCUT2D eigenvalue weighted by molar-refractivity contribution is 4.96. The van der Waals surface area contributed by atoms with Crippen molar-refractivity contribution < 1.29 is 4.52 Å². The highest BCUT2D eigenvalue weighted by Crippen LogP contribution is 2.34. The second kappa shape index (κ2) is 6.15. The minimum atomic E-state index is 0.473. The van der Waals surface area contributed by atoms with Gasteiger partial charge in [0.15, 0.2) is 5.82 Å². The standard InChI is InChI=1S/C13H23N3O/c1-2-3-4-12-15-13(17-16-12)11-7-5-10(9-14)6-8-11/h10-11H,2-9,14H2,1H3. The fraction of sp³-hybridized carbons (Fsp3) is 0.846. The van der Waals surface area contributed by atoms with E-state index in [0.717, 1.165) is 43.9 Å². The van der Waals surface area contributed by atoms with E-state index in [1.165, 1.54) is 19.3 Å². The summed E-state index contributed by atoms with van der Waals surface area (Å²) in [6.45, 7) is 2.99. The van der Waals surface area contributed by atoms with Crippen LogP contribution in [0.4, 0.5) is 0 Å². The molecule has 1 fully saturated rings. The van der Waals surface area contributed by atoms with E-state index in [2.05, 4.69) is 17.1 Å². The Morgan fingerprint density at radius 1 is 1.29 bits per heavy atom. The quantitative estimate of drug-likeness (QED) is 0.855. The molecule has 1 aromatic heterocycles. The van der Waals surface area contributed by atoms with E-state index in [-0.39, 0.29) is 0 Å². The van der Waals surface area contributed by atoms with Crippen molar-refractivity contribution in [2.24, 2.45) is 11.7 Å². The lowest BCUT2D eigenvalue weighted by Crippen LogP contribution is -2.20. The van der Waals surface area contributed by atoms with E-state index in [0.29, 0.717) is 11.8 Å². The normalized spacial score (nSPS) is 25.1. The molecular weight excluding hydrogens is 214 g/mol. The van der Waals surface area contributed by atoms with Gasteiger partial charge < -0.3 is 10.3 Å². The molecule has 0 atom stereocenters. The Morgan fingerprint density at radius 3 is 2.71 bits per heavy atom. The molecule has 0 aromatic carbocycles. The first-order valence-corrected chi connectivity index (χ1v) is 6.86. The van der Waals surface area contributed by atoms with E-state index >= 15 is 0 Å². The molecule has 4 nitrogen and oxygen atoms in total. The van der Waals surface area contributed by atoms with Crippen molar-refractivity contribution in [1.82, 2.24) is 10.1 Å². The fourth-order valence-electron chi connectivity index (χ4n) is 2.51. The highest BCUT2D eigenvalue weighted by atomic mass is 16.5. The topological polar surface area (TPSA) is 64.9 Å². The third kappa shape index (κ3) is 3.28. The molecule has 1 aromatic rings. The molecule has 0 radical (unpaired) electrons. The Labute approximate surface area is 103 Å². The van der Waals surface area contributed by atoms with Gasteiger partial charge in [0.25, 0.3) is 0 Å². The summed E-state index contributed by atoms with van der Waals surface area (Å²) >= 11 is 0. The van der Waals surface area contributed by atoms with Crippen molar-refractivity contribution in [3.63, 3.8) is 0 Å². The van der Waals surface area contributed by atoms with E-state index in [9.17, 15) is 0 Å². The molecule has 0 unspecified atom stereocenters. The van der Waals surface area contributed by atoms with Crippen LogP contribution in [-0.2, 0) is 6.42 Å². The summed E-state index contributed by atoms with van der Waals surface area (Å²) in [5, 5.41) is 4.06. The molecule has 1 saturated carbocycles. The molecule has 1 heterocycles. The number of unbranched alkanes of at least 4 members (excludes halogenated alkanes) is 1. The van der Waals surface area contributed by atoms with Gasteiger partial charge >= 0.3 is 0 Å². The van der Waals surface area contributed by atoms with Crippen LogP contribution >= 0.6 is 0 Å². The Bertz CT molecular complexity index is 329. The maximum absolute atomic E-state index is 5.69. The van der Waals surface area contributed by atoms with E-state index in [1.54, 1.807) is 0 Å². The molecule has 96 valence electrons. The summed E-state index contributed by atoms with van der Waals surface area (Å²) in [5.74, 6) is 2.91. The zero-order valence-corrected chi connectivity index (χ0v) is 10.7. The SMILES string of the molecule is CCCCc1noc(C2CCC(CN)CC2)n1. The fourth-order valence-corrected chi connectivity index (χ4v) is 2.51. The molecule has 17 heavy (non-hydrogen) atoms. The van der Waals surface area contributed by atoms with Crippen molar-refractivity contribution in [2.75, 3.05) is 6.54 Å². The van der Waals surface area contributed by atoms with Crippen LogP contribution in [0.2, 0.25) is 0 Å². The summed E-state index contributed by atoms with van der Waals surface area (Å²) in [6.07, 6.45) is 7.96. The summed E-state index contributed by atoms with van der Waals surface area (Å²) in [5.41, 5.74) is 5.69. The zero-order chi connectivity index (χ0) is 12.1. The van der Waals surface area contributed by atoms with Crippen molar-refractivity contribution in [3.8, 4) is 0 Å². The first-order chi connectivity index (χ1) is 8.33. The minimum absolute atomic E-state index is 0.473. The first kappa shape index (κ1) is 12.6. The monoisotopic (exact) mass is 237 g/mol. The first-order valence-electron chi connectivity index (χ1n) is 6.86. The summed E-state index contributed by atoms with van der Waals surface area (Å²) in [6, 6.07) is 0. The smallest absolute Gasteiger partial charge is 0.229 e. The van der Waals surface area contributed by atoms with Gasteiger partial charge in [-0.05, 0) is 44.6 Å². The van der Waals surface area contributed by atoms with Crippen LogP contribution in [0.15, 0.2) is 4.52 Å². The predicted molar refractivity (Wildman–Crippen MR) is 66.7 cm³/mol. The van der Waals surface area contributed by atoms with Gasteiger partial charge in [-0.1, -0.05) is 18.5 Å². The van der Waals surface area contributed by atoms with Gasteiger partial charge in [-0.3, -0.25) is 0 Å².